The summed E-state index contributed by atoms with van der Waals surface area (Å²) in [6.45, 7) is 2.70. The van der Waals surface area contributed by atoms with Crippen LogP contribution in [0.2, 0.25) is 0 Å². The Labute approximate surface area is 159 Å². The first-order chi connectivity index (χ1) is 13.4. The summed E-state index contributed by atoms with van der Waals surface area (Å²) in [5.74, 6) is 0.767. The van der Waals surface area contributed by atoms with Gasteiger partial charge in [0.25, 0.3) is 5.88 Å². The molecular weight excluding hydrogens is 377 g/mol. The number of alkyl halides is 3. The maximum Gasteiger partial charge on any atom is 0.573 e. The fourth-order valence-corrected chi connectivity index (χ4v) is 2.67. The van der Waals surface area contributed by atoms with Crippen molar-refractivity contribution in [3.8, 4) is 17.4 Å². The number of nitrogens with zero attached hydrogens (tertiary/aromatic N) is 4. The lowest BCUT2D eigenvalue weighted by Gasteiger charge is -2.34. The van der Waals surface area contributed by atoms with Crippen molar-refractivity contribution in [3.05, 3.63) is 48.9 Å². The number of halogens is 3. The average molecular weight is 394 g/mol. The first-order valence-corrected chi connectivity index (χ1v) is 8.40. The van der Waals surface area contributed by atoms with E-state index in [1.807, 2.05) is 9.80 Å². The van der Waals surface area contributed by atoms with Gasteiger partial charge in [0, 0.05) is 44.8 Å². The molecule has 0 atom stereocenters. The third kappa shape index (κ3) is 5.35. The molecule has 0 saturated carbocycles. The molecule has 1 aromatic carbocycles. The zero-order chi connectivity index (χ0) is 20.0. The summed E-state index contributed by atoms with van der Waals surface area (Å²) >= 11 is 0. The lowest BCUT2D eigenvalue weighted by atomic mass is 10.3. The normalized spacial score (nSPS) is 15.0. The maximum absolute atomic E-state index is 12.2. The minimum atomic E-state index is -4.75. The van der Waals surface area contributed by atoms with E-state index in [1.54, 1.807) is 12.4 Å². The molecule has 0 spiro atoms. The van der Waals surface area contributed by atoms with Crippen molar-refractivity contribution in [2.24, 2.45) is 0 Å². The topological polar surface area (TPSA) is 67.8 Å². The van der Waals surface area contributed by atoms with Gasteiger partial charge in [-0.15, -0.1) is 13.2 Å². The van der Waals surface area contributed by atoms with E-state index < -0.39 is 6.36 Å². The smallest absolute Gasteiger partial charge is 0.436 e. The highest BCUT2D eigenvalue weighted by Gasteiger charge is 2.31. The van der Waals surface area contributed by atoms with E-state index in [4.69, 9.17) is 4.74 Å². The monoisotopic (exact) mass is 394 g/mol. The SMILES string of the molecule is O=CC=CN1CCN(c2nccnc2Oc2ccc(OC(F)(F)F)cc2)CC1. The van der Waals surface area contributed by atoms with Crippen LogP contribution in [0.25, 0.3) is 0 Å². The van der Waals surface area contributed by atoms with Gasteiger partial charge in [0.15, 0.2) is 5.82 Å². The number of rotatable bonds is 6. The summed E-state index contributed by atoms with van der Waals surface area (Å²) < 4.78 is 46.3. The number of hydrogen-bond donors (Lipinski definition) is 0. The molecule has 2 aromatic rings. The zero-order valence-electron chi connectivity index (χ0n) is 14.7. The number of carbonyl (C=O) groups is 1. The quantitative estimate of drug-likeness (QED) is 0.551. The van der Waals surface area contributed by atoms with Crippen molar-refractivity contribution in [2.45, 2.75) is 6.36 Å². The Morgan fingerprint density at radius 2 is 1.61 bits per heavy atom. The molecule has 1 fully saturated rings. The van der Waals surface area contributed by atoms with E-state index in [-0.39, 0.29) is 11.6 Å². The Morgan fingerprint density at radius 3 is 2.25 bits per heavy atom. The zero-order valence-corrected chi connectivity index (χ0v) is 14.7. The van der Waals surface area contributed by atoms with Crippen molar-refractivity contribution < 1.29 is 27.4 Å². The molecule has 1 aliphatic heterocycles. The van der Waals surface area contributed by atoms with Crippen LogP contribution in [0, 0.1) is 0 Å². The molecule has 0 N–H and O–H groups in total. The number of hydrogen-bond acceptors (Lipinski definition) is 7. The van der Waals surface area contributed by atoms with Crippen molar-refractivity contribution >= 4 is 12.1 Å². The molecule has 10 heteroatoms. The van der Waals surface area contributed by atoms with Crippen LogP contribution in [0.4, 0.5) is 19.0 Å². The minimum Gasteiger partial charge on any atom is -0.436 e. The molecule has 0 amide bonds. The largest absolute Gasteiger partial charge is 0.573 e. The second kappa shape index (κ2) is 8.59. The fraction of sp³-hybridized carbons (Fsp3) is 0.278. The van der Waals surface area contributed by atoms with E-state index in [2.05, 4.69) is 14.7 Å². The van der Waals surface area contributed by atoms with Gasteiger partial charge in [-0.1, -0.05) is 0 Å². The van der Waals surface area contributed by atoms with E-state index in [0.29, 0.717) is 37.7 Å². The molecular formula is C18H17F3N4O3. The highest BCUT2D eigenvalue weighted by Crippen LogP contribution is 2.30. The van der Waals surface area contributed by atoms with Gasteiger partial charge >= 0.3 is 6.36 Å². The highest BCUT2D eigenvalue weighted by molar-refractivity contribution is 5.64. The predicted molar refractivity (Wildman–Crippen MR) is 94.2 cm³/mol. The molecule has 0 unspecified atom stereocenters. The summed E-state index contributed by atoms with van der Waals surface area (Å²) in [4.78, 5) is 22.9. The number of allylic oxidation sites excluding steroid dienone is 1. The standard InChI is InChI=1S/C18H17F3N4O3/c19-18(20,21)28-15-4-2-14(3-5-15)27-17-16(22-6-7-23-17)25-11-9-24(10-12-25)8-1-13-26/h1-8,13H,9-12H2. The first-order valence-electron chi connectivity index (χ1n) is 8.40. The Bertz CT molecular complexity index is 820. The van der Waals surface area contributed by atoms with Crippen LogP contribution in [-0.2, 0) is 4.79 Å². The third-order valence-corrected chi connectivity index (χ3v) is 3.91. The minimum absolute atomic E-state index is 0.254. The van der Waals surface area contributed by atoms with E-state index in [9.17, 15) is 18.0 Å². The van der Waals surface area contributed by atoms with Crippen LogP contribution in [0.15, 0.2) is 48.9 Å². The second-order valence-electron chi connectivity index (χ2n) is 5.81. The Kier molecular flexibility index (Phi) is 5.97. The summed E-state index contributed by atoms with van der Waals surface area (Å²) in [6.07, 6.45) is 2.18. The first kappa shape index (κ1) is 19.5. The van der Waals surface area contributed by atoms with Crippen molar-refractivity contribution in [3.63, 3.8) is 0 Å². The number of piperazine rings is 1. The molecule has 28 heavy (non-hydrogen) atoms. The van der Waals surface area contributed by atoms with Gasteiger partial charge in [0.1, 0.15) is 17.8 Å². The summed E-state index contributed by atoms with van der Waals surface area (Å²) in [5.41, 5.74) is 0. The average Bonchev–Trinajstić information content (AvgIpc) is 2.68. The van der Waals surface area contributed by atoms with Gasteiger partial charge in [-0.05, 0) is 30.3 Å². The Morgan fingerprint density at radius 1 is 0.964 bits per heavy atom. The van der Waals surface area contributed by atoms with E-state index >= 15 is 0 Å². The van der Waals surface area contributed by atoms with Crippen LogP contribution in [0.5, 0.6) is 17.4 Å². The molecule has 1 aliphatic rings. The van der Waals surface area contributed by atoms with Gasteiger partial charge < -0.3 is 19.3 Å². The van der Waals surface area contributed by atoms with Crippen molar-refractivity contribution in [2.75, 3.05) is 31.1 Å². The number of benzene rings is 1. The molecule has 0 aliphatic carbocycles. The van der Waals surface area contributed by atoms with Gasteiger partial charge in [-0.2, -0.15) is 0 Å². The fourth-order valence-electron chi connectivity index (χ4n) is 2.67. The van der Waals surface area contributed by atoms with Crippen molar-refractivity contribution in [1.82, 2.24) is 14.9 Å². The second-order valence-corrected chi connectivity index (χ2v) is 5.81. The molecule has 0 bridgehead atoms. The van der Waals surface area contributed by atoms with E-state index in [1.165, 1.54) is 24.4 Å². The molecule has 1 saturated heterocycles. The van der Waals surface area contributed by atoms with Crippen LogP contribution >= 0.6 is 0 Å². The lowest BCUT2D eigenvalue weighted by molar-refractivity contribution is -0.274. The summed E-state index contributed by atoms with van der Waals surface area (Å²) in [7, 11) is 0. The summed E-state index contributed by atoms with van der Waals surface area (Å²) in [6, 6.07) is 5.05. The number of aldehydes is 1. The molecule has 148 valence electrons. The number of aromatic nitrogens is 2. The molecule has 2 heterocycles. The van der Waals surface area contributed by atoms with Crippen LogP contribution in [0.1, 0.15) is 0 Å². The van der Waals surface area contributed by atoms with Crippen molar-refractivity contribution in [1.29, 1.82) is 0 Å². The molecule has 3 rings (SSSR count). The predicted octanol–water partition coefficient (Wildman–Crippen LogP) is 3.00. The molecule has 7 nitrogen and oxygen atoms in total. The van der Waals surface area contributed by atoms with Crippen LogP contribution in [0.3, 0.4) is 0 Å². The van der Waals surface area contributed by atoms with Gasteiger partial charge in [0.05, 0.1) is 0 Å². The van der Waals surface area contributed by atoms with Crippen LogP contribution < -0.4 is 14.4 Å². The van der Waals surface area contributed by atoms with E-state index in [0.717, 1.165) is 18.4 Å². The number of anilines is 1. The third-order valence-electron chi connectivity index (χ3n) is 3.91. The van der Waals surface area contributed by atoms with Gasteiger partial charge in [-0.3, -0.25) is 4.79 Å². The Balaban J connectivity index is 1.68. The van der Waals surface area contributed by atoms with Gasteiger partial charge in [-0.25, -0.2) is 9.97 Å². The maximum atomic E-state index is 12.2. The van der Waals surface area contributed by atoms with Gasteiger partial charge in [0.2, 0.25) is 0 Å². The number of carbonyl (C=O) groups excluding carboxylic acids is 1. The molecule has 0 radical (unpaired) electrons. The number of ether oxygens (including phenoxy) is 2. The Hall–Kier alpha value is -3.30. The summed E-state index contributed by atoms with van der Waals surface area (Å²) in [5, 5.41) is 0. The van der Waals surface area contributed by atoms with Crippen LogP contribution in [-0.4, -0.2) is 53.7 Å². The molecule has 1 aromatic heterocycles. The highest BCUT2D eigenvalue weighted by atomic mass is 19.4. The lowest BCUT2D eigenvalue weighted by Crippen LogP contribution is -2.44.